The molecule has 2 aromatic heterocycles. The Labute approximate surface area is 152 Å². The molecule has 25 heavy (non-hydrogen) atoms. The predicted molar refractivity (Wildman–Crippen MR) is 101 cm³/mol. The number of aromatic nitrogens is 2. The molecule has 6 nitrogen and oxygen atoms in total. The van der Waals surface area contributed by atoms with Crippen molar-refractivity contribution in [3.05, 3.63) is 34.8 Å². The molecule has 0 aromatic carbocycles. The Morgan fingerprint density at radius 3 is 3.04 bits per heavy atom. The van der Waals surface area contributed by atoms with Crippen LogP contribution in [0.5, 0.6) is 0 Å². The van der Waals surface area contributed by atoms with Gasteiger partial charge in [0.1, 0.15) is 18.0 Å². The summed E-state index contributed by atoms with van der Waals surface area (Å²) >= 11 is 1.75. The number of nitrogens with two attached hydrogens (primary N) is 1. The third kappa shape index (κ3) is 3.23. The summed E-state index contributed by atoms with van der Waals surface area (Å²) in [4.78, 5) is 13.2. The highest BCUT2D eigenvalue weighted by molar-refractivity contribution is 7.07. The highest BCUT2D eigenvalue weighted by Gasteiger charge is 2.48. The monoisotopic (exact) mass is 359 g/mol. The first kappa shape index (κ1) is 16.8. The summed E-state index contributed by atoms with van der Waals surface area (Å²) in [5.41, 5.74) is 7.11. The summed E-state index contributed by atoms with van der Waals surface area (Å²) in [6.45, 7) is 4.07. The highest BCUT2D eigenvalue weighted by Crippen LogP contribution is 2.42. The van der Waals surface area contributed by atoms with Crippen molar-refractivity contribution in [1.29, 1.82) is 0 Å². The third-order valence-corrected chi connectivity index (χ3v) is 6.46. The molecule has 0 radical (unpaired) electrons. The number of hydrogen-bond donors (Lipinski definition) is 2. The molecule has 0 aliphatic carbocycles. The van der Waals surface area contributed by atoms with Crippen LogP contribution in [-0.2, 0) is 6.54 Å². The molecule has 134 valence electrons. The second-order valence-corrected chi connectivity index (χ2v) is 8.03. The van der Waals surface area contributed by atoms with Gasteiger partial charge >= 0.3 is 0 Å². The molecule has 3 N–H and O–H groups in total. The van der Waals surface area contributed by atoms with E-state index < -0.39 is 0 Å². The van der Waals surface area contributed by atoms with E-state index in [9.17, 15) is 5.11 Å². The van der Waals surface area contributed by atoms with Crippen LogP contribution >= 0.6 is 11.3 Å². The first-order valence-corrected chi connectivity index (χ1v) is 9.83. The minimum atomic E-state index is -0.0910. The van der Waals surface area contributed by atoms with Crippen molar-refractivity contribution < 1.29 is 5.11 Å². The molecule has 0 spiro atoms. The van der Waals surface area contributed by atoms with Gasteiger partial charge in [0.25, 0.3) is 0 Å². The van der Waals surface area contributed by atoms with Gasteiger partial charge in [0, 0.05) is 37.2 Å². The molecule has 2 fully saturated rings. The van der Waals surface area contributed by atoms with Crippen molar-refractivity contribution in [3.8, 4) is 0 Å². The summed E-state index contributed by atoms with van der Waals surface area (Å²) < 4.78 is 0. The zero-order valence-corrected chi connectivity index (χ0v) is 15.2. The Morgan fingerprint density at radius 2 is 2.28 bits per heavy atom. The highest BCUT2D eigenvalue weighted by atomic mass is 32.1. The largest absolute Gasteiger partial charge is 0.396 e. The fourth-order valence-electron chi connectivity index (χ4n) is 4.53. The number of thiophene rings is 1. The number of likely N-dealkylation sites (tertiary alicyclic amines) is 1. The Balaban J connectivity index is 1.55. The van der Waals surface area contributed by atoms with Gasteiger partial charge in [-0.15, -0.1) is 0 Å². The van der Waals surface area contributed by atoms with Gasteiger partial charge in [0.05, 0.1) is 6.61 Å². The molecular weight excluding hydrogens is 334 g/mol. The Kier molecular flexibility index (Phi) is 4.62. The lowest BCUT2D eigenvalue weighted by Crippen LogP contribution is -2.62. The lowest BCUT2D eigenvalue weighted by Gasteiger charge is -2.54. The average molecular weight is 359 g/mol. The normalized spacial score (nSPS) is 27.2. The summed E-state index contributed by atoms with van der Waals surface area (Å²) in [5.74, 6) is 1.36. The number of nitrogens with zero attached hydrogens (tertiary/aromatic N) is 4. The van der Waals surface area contributed by atoms with E-state index in [0.29, 0.717) is 11.9 Å². The SMILES string of the molecule is Nc1cc(N2CC[C@H]3N(Cc4ccsc4)CCC[C@]3(CO)C2)ncn1. The smallest absolute Gasteiger partial charge is 0.134 e. The van der Waals surface area contributed by atoms with Crippen LogP contribution in [0.15, 0.2) is 29.2 Å². The molecular formula is C18H25N5OS. The number of anilines is 2. The van der Waals surface area contributed by atoms with Gasteiger partial charge in [-0.1, -0.05) is 0 Å². The van der Waals surface area contributed by atoms with Crippen LogP contribution in [0.3, 0.4) is 0 Å². The minimum absolute atomic E-state index is 0.0910. The average Bonchev–Trinajstić information content (AvgIpc) is 3.14. The van der Waals surface area contributed by atoms with Crippen LogP contribution in [0.1, 0.15) is 24.8 Å². The lowest BCUT2D eigenvalue weighted by molar-refractivity contribution is -0.0401. The van der Waals surface area contributed by atoms with E-state index in [1.807, 2.05) is 6.07 Å². The van der Waals surface area contributed by atoms with Crippen LogP contribution in [0.4, 0.5) is 11.6 Å². The number of hydrogen-bond acceptors (Lipinski definition) is 7. The maximum Gasteiger partial charge on any atom is 0.134 e. The quantitative estimate of drug-likeness (QED) is 0.869. The van der Waals surface area contributed by atoms with Gasteiger partial charge < -0.3 is 15.7 Å². The van der Waals surface area contributed by atoms with Crippen LogP contribution in [0.2, 0.25) is 0 Å². The van der Waals surface area contributed by atoms with Crippen molar-refractivity contribution >= 4 is 23.0 Å². The maximum absolute atomic E-state index is 10.3. The van der Waals surface area contributed by atoms with E-state index in [1.54, 1.807) is 11.3 Å². The predicted octanol–water partition coefficient (Wildman–Crippen LogP) is 1.97. The molecule has 2 saturated heterocycles. The fourth-order valence-corrected chi connectivity index (χ4v) is 5.19. The fraction of sp³-hybridized carbons (Fsp3) is 0.556. The van der Waals surface area contributed by atoms with Crippen LogP contribution in [0, 0.1) is 5.41 Å². The number of nitrogen functional groups attached to an aromatic ring is 1. The van der Waals surface area contributed by atoms with Gasteiger partial charge in [-0.3, -0.25) is 4.90 Å². The summed E-state index contributed by atoms with van der Waals surface area (Å²) in [5, 5.41) is 14.7. The van der Waals surface area contributed by atoms with Crippen molar-refractivity contribution in [2.75, 3.05) is 36.9 Å². The van der Waals surface area contributed by atoms with Crippen molar-refractivity contribution in [2.24, 2.45) is 5.41 Å². The molecule has 2 atom stereocenters. The standard InChI is InChI=1S/C18H25N5OS/c19-16-8-17(21-13-20-16)23-6-2-15-18(11-23,12-24)4-1-5-22(15)9-14-3-7-25-10-14/h3,7-8,10,13,15,24H,1-2,4-6,9,11-12H2,(H2,19,20,21)/t15-,18-/m1/s1. The zero-order chi connectivity index (χ0) is 17.3. The van der Waals surface area contributed by atoms with E-state index in [2.05, 4.69) is 36.6 Å². The summed E-state index contributed by atoms with van der Waals surface area (Å²) in [6.07, 6.45) is 4.74. The zero-order valence-electron chi connectivity index (χ0n) is 14.3. The van der Waals surface area contributed by atoms with E-state index in [1.165, 1.54) is 11.9 Å². The molecule has 7 heteroatoms. The van der Waals surface area contributed by atoms with Gasteiger partial charge in [0.2, 0.25) is 0 Å². The molecule has 2 aromatic rings. The van der Waals surface area contributed by atoms with Crippen molar-refractivity contribution in [2.45, 2.75) is 31.8 Å². The van der Waals surface area contributed by atoms with E-state index >= 15 is 0 Å². The number of piperidine rings is 2. The number of fused-ring (bicyclic) bond motifs is 1. The Hall–Kier alpha value is -1.70. The van der Waals surface area contributed by atoms with Crippen molar-refractivity contribution in [1.82, 2.24) is 14.9 Å². The lowest BCUT2D eigenvalue weighted by atomic mass is 9.69. The van der Waals surface area contributed by atoms with Crippen LogP contribution in [0.25, 0.3) is 0 Å². The van der Waals surface area contributed by atoms with E-state index in [-0.39, 0.29) is 12.0 Å². The van der Waals surface area contributed by atoms with Gasteiger partial charge in [0.15, 0.2) is 0 Å². The Bertz CT molecular complexity index is 709. The van der Waals surface area contributed by atoms with E-state index in [4.69, 9.17) is 5.73 Å². The van der Waals surface area contributed by atoms with Crippen LogP contribution < -0.4 is 10.6 Å². The van der Waals surface area contributed by atoms with Crippen molar-refractivity contribution in [3.63, 3.8) is 0 Å². The summed E-state index contributed by atoms with van der Waals surface area (Å²) in [6, 6.07) is 4.46. The molecule has 0 bridgehead atoms. The molecule has 2 aliphatic rings. The Morgan fingerprint density at radius 1 is 1.36 bits per heavy atom. The van der Waals surface area contributed by atoms with E-state index in [0.717, 1.165) is 51.3 Å². The number of aliphatic hydroxyl groups excluding tert-OH is 1. The van der Waals surface area contributed by atoms with Gasteiger partial charge in [-0.05, 0) is 48.2 Å². The second kappa shape index (κ2) is 6.90. The van der Waals surface area contributed by atoms with Crippen LogP contribution in [-0.4, -0.2) is 52.3 Å². The molecule has 2 aliphatic heterocycles. The number of aliphatic hydroxyl groups is 1. The topological polar surface area (TPSA) is 78.5 Å². The molecule has 0 saturated carbocycles. The molecule has 0 amide bonds. The first-order valence-electron chi connectivity index (χ1n) is 8.89. The van der Waals surface area contributed by atoms with Gasteiger partial charge in [-0.2, -0.15) is 11.3 Å². The molecule has 0 unspecified atom stereocenters. The third-order valence-electron chi connectivity index (χ3n) is 5.72. The summed E-state index contributed by atoms with van der Waals surface area (Å²) in [7, 11) is 0. The molecule has 4 rings (SSSR count). The first-order chi connectivity index (χ1) is 12.2. The molecule has 4 heterocycles. The van der Waals surface area contributed by atoms with Gasteiger partial charge in [-0.25, -0.2) is 9.97 Å². The maximum atomic E-state index is 10.3. The second-order valence-electron chi connectivity index (χ2n) is 7.25. The minimum Gasteiger partial charge on any atom is -0.396 e. The number of rotatable bonds is 4.